The molecule has 0 bridgehead atoms. The highest BCUT2D eigenvalue weighted by atomic mass is 32.1. The Hall–Kier alpha value is -1.82. The quantitative estimate of drug-likeness (QED) is 0.901. The van der Waals surface area contributed by atoms with Crippen LogP contribution in [0, 0.1) is 12.8 Å². The summed E-state index contributed by atoms with van der Waals surface area (Å²) in [5.74, 6) is 0.188. The molecule has 2 aromatic heterocycles. The fraction of sp³-hybridized carbons (Fsp3) is 0.385. The van der Waals surface area contributed by atoms with Gasteiger partial charge in [0, 0.05) is 11.4 Å². The molecular formula is C13H17N3O2S. The van der Waals surface area contributed by atoms with Crippen molar-refractivity contribution in [2.45, 2.75) is 20.8 Å². The number of aromatic nitrogens is 1. The molecule has 0 atom stereocenters. The van der Waals surface area contributed by atoms with E-state index in [0.29, 0.717) is 23.7 Å². The van der Waals surface area contributed by atoms with Crippen LogP contribution in [0.1, 0.15) is 29.1 Å². The summed E-state index contributed by atoms with van der Waals surface area (Å²) < 4.78 is 4.96. The molecule has 6 heteroatoms. The van der Waals surface area contributed by atoms with Gasteiger partial charge in [0.25, 0.3) is 5.91 Å². The maximum atomic E-state index is 12.1. The van der Waals surface area contributed by atoms with Crippen molar-refractivity contribution in [3.8, 4) is 10.6 Å². The van der Waals surface area contributed by atoms with Gasteiger partial charge in [-0.3, -0.25) is 4.79 Å². The van der Waals surface area contributed by atoms with Gasteiger partial charge in [-0.1, -0.05) is 19.0 Å². The SMILES string of the molecule is Cc1ccc(-c2noc(N)c2C(=O)NCC(C)C)s1. The topological polar surface area (TPSA) is 81.2 Å². The highest BCUT2D eigenvalue weighted by Gasteiger charge is 2.23. The number of carbonyl (C=O) groups is 1. The molecule has 1 amide bonds. The largest absolute Gasteiger partial charge is 0.367 e. The molecule has 102 valence electrons. The van der Waals surface area contributed by atoms with Crippen LogP contribution >= 0.6 is 11.3 Å². The van der Waals surface area contributed by atoms with Gasteiger partial charge < -0.3 is 15.6 Å². The van der Waals surface area contributed by atoms with Crippen LogP contribution in [0.25, 0.3) is 10.6 Å². The van der Waals surface area contributed by atoms with E-state index in [-0.39, 0.29) is 11.8 Å². The van der Waals surface area contributed by atoms with Crippen LogP contribution in [0.2, 0.25) is 0 Å². The van der Waals surface area contributed by atoms with Crippen molar-refractivity contribution in [2.75, 3.05) is 12.3 Å². The standard InChI is InChI=1S/C13H17N3O2S/c1-7(2)6-15-13(17)10-11(16-18-12(10)14)9-5-4-8(3)19-9/h4-5,7H,6,14H2,1-3H3,(H,15,17). The average molecular weight is 279 g/mol. The van der Waals surface area contributed by atoms with Gasteiger partial charge in [-0.05, 0) is 25.0 Å². The van der Waals surface area contributed by atoms with Gasteiger partial charge in [0.1, 0.15) is 11.3 Å². The van der Waals surface area contributed by atoms with E-state index in [9.17, 15) is 4.79 Å². The van der Waals surface area contributed by atoms with Gasteiger partial charge in [0.05, 0.1) is 4.88 Å². The summed E-state index contributed by atoms with van der Waals surface area (Å²) in [6, 6.07) is 3.89. The van der Waals surface area contributed by atoms with Crippen molar-refractivity contribution in [3.05, 3.63) is 22.6 Å². The fourth-order valence-electron chi connectivity index (χ4n) is 1.64. The van der Waals surface area contributed by atoms with Crippen LogP contribution < -0.4 is 11.1 Å². The Morgan fingerprint density at radius 3 is 2.84 bits per heavy atom. The molecule has 0 saturated heterocycles. The smallest absolute Gasteiger partial charge is 0.259 e. The first-order valence-corrected chi connectivity index (χ1v) is 6.91. The lowest BCUT2D eigenvalue weighted by Crippen LogP contribution is -2.28. The molecule has 0 spiro atoms. The van der Waals surface area contributed by atoms with Crippen molar-refractivity contribution in [2.24, 2.45) is 5.92 Å². The lowest BCUT2D eigenvalue weighted by molar-refractivity contribution is 0.0950. The first-order valence-electron chi connectivity index (χ1n) is 6.09. The number of aryl methyl sites for hydroxylation is 1. The lowest BCUT2D eigenvalue weighted by Gasteiger charge is -2.07. The van der Waals surface area contributed by atoms with Crippen LogP contribution in [-0.4, -0.2) is 17.6 Å². The molecule has 5 nitrogen and oxygen atoms in total. The Morgan fingerprint density at radius 2 is 2.26 bits per heavy atom. The number of thiophene rings is 1. The molecule has 2 heterocycles. The number of amides is 1. The Balaban J connectivity index is 2.30. The maximum absolute atomic E-state index is 12.1. The van der Waals surface area contributed by atoms with E-state index in [1.54, 1.807) is 11.3 Å². The summed E-state index contributed by atoms with van der Waals surface area (Å²) >= 11 is 1.55. The number of nitrogens with two attached hydrogens (primary N) is 1. The first-order chi connectivity index (χ1) is 8.99. The summed E-state index contributed by atoms with van der Waals surface area (Å²) in [7, 11) is 0. The van der Waals surface area contributed by atoms with E-state index in [1.807, 2.05) is 32.9 Å². The van der Waals surface area contributed by atoms with E-state index in [1.165, 1.54) is 0 Å². The Bertz CT molecular complexity index is 586. The van der Waals surface area contributed by atoms with Crippen molar-refractivity contribution in [1.82, 2.24) is 10.5 Å². The van der Waals surface area contributed by atoms with Gasteiger partial charge in [-0.15, -0.1) is 11.3 Å². The molecule has 0 radical (unpaired) electrons. The molecule has 0 aromatic carbocycles. The summed E-state index contributed by atoms with van der Waals surface area (Å²) in [5, 5.41) is 6.73. The third-order valence-electron chi connectivity index (χ3n) is 2.59. The first kappa shape index (κ1) is 13.6. The summed E-state index contributed by atoms with van der Waals surface area (Å²) in [6.07, 6.45) is 0. The van der Waals surface area contributed by atoms with Crippen molar-refractivity contribution in [1.29, 1.82) is 0 Å². The van der Waals surface area contributed by atoms with Crippen molar-refractivity contribution in [3.63, 3.8) is 0 Å². The number of nitrogens with one attached hydrogen (secondary N) is 1. The molecule has 0 aliphatic rings. The Kier molecular flexibility index (Phi) is 3.90. The minimum Gasteiger partial charge on any atom is -0.367 e. The van der Waals surface area contributed by atoms with Crippen LogP contribution in [0.15, 0.2) is 16.7 Å². The molecule has 0 aliphatic heterocycles. The van der Waals surface area contributed by atoms with Gasteiger partial charge >= 0.3 is 0 Å². The van der Waals surface area contributed by atoms with Crippen LogP contribution in [-0.2, 0) is 0 Å². The monoisotopic (exact) mass is 279 g/mol. The highest BCUT2D eigenvalue weighted by molar-refractivity contribution is 7.15. The van der Waals surface area contributed by atoms with Gasteiger partial charge in [0.15, 0.2) is 0 Å². The highest BCUT2D eigenvalue weighted by Crippen LogP contribution is 2.32. The average Bonchev–Trinajstić information content (AvgIpc) is 2.92. The van der Waals surface area contributed by atoms with Crippen molar-refractivity contribution < 1.29 is 9.32 Å². The number of rotatable bonds is 4. The number of anilines is 1. The molecule has 0 aliphatic carbocycles. The second kappa shape index (κ2) is 5.44. The van der Waals surface area contributed by atoms with Gasteiger partial charge in [0.2, 0.25) is 5.88 Å². The molecule has 3 N–H and O–H groups in total. The third kappa shape index (κ3) is 2.96. The predicted molar refractivity (Wildman–Crippen MR) is 76.1 cm³/mol. The lowest BCUT2D eigenvalue weighted by atomic mass is 10.1. The second-order valence-electron chi connectivity index (χ2n) is 4.78. The fourth-order valence-corrected chi connectivity index (χ4v) is 2.49. The van der Waals surface area contributed by atoms with Gasteiger partial charge in [-0.25, -0.2) is 0 Å². The molecular weight excluding hydrogens is 262 g/mol. The minimum absolute atomic E-state index is 0.0577. The Morgan fingerprint density at radius 1 is 1.53 bits per heavy atom. The molecule has 0 saturated carbocycles. The number of hydrogen-bond donors (Lipinski definition) is 2. The van der Waals surface area contributed by atoms with Crippen molar-refractivity contribution >= 4 is 23.1 Å². The summed E-state index contributed by atoms with van der Waals surface area (Å²) in [4.78, 5) is 14.2. The minimum atomic E-state index is -0.242. The van der Waals surface area contributed by atoms with Gasteiger partial charge in [-0.2, -0.15) is 0 Å². The summed E-state index contributed by atoms with van der Waals surface area (Å²) in [5.41, 5.74) is 6.54. The predicted octanol–water partition coefficient (Wildman–Crippen LogP) is 2.68. The second-order valence-corrected chi connectivity index (χ2v) is 6.07. The zero-order valence-corrected chi connectivity index (χ0v) is 12.0. The third-order valence-corrected chi connectivity index (χ3v) is 3.60. The normalized spacial score (nSPS) is 10.9. The molecule has 2 rings (SSSR count). The number of hydrogen-bond acceptors (Lipinski definition) is 5. The maximum Gasteiger partial charge on any atom is 0.259 e. The van der Waals surface area contributed by atoms with E-state index in [4.69, 9.17) is 10.3 Å². The zero-order chi connectivity index (χ0) is 14.0. The Labute approximate surface area is 115 Å². The molecule has 0 fully saturated rings. The summed E-state index contributed by atoms with van der Waals surface area (Å²) in [6.45, 7) is 6.64. The number of nitrogens with zero attached hydrogens (tertiary/aromatic N) is 1. The van der Waals surface area contributed by atoms with E-state index < -0.39 is 0 Å². The van der Waals surface area contributed by atoms with E-state index in [0.717, 1.165) is 9.75 Å². The van der Waals surface area contributed by atoms with E-state index >= 15 is 0 Å². The zero-order valence-electron chi connectivity index (χ0n) is 11.2. The van der Waals surface area contributed by atoms with Crippen LogP contribution in [0.4, 0.5) is 5.88 Å². The molecule has 19 heavy (non-hydrogen) atoms. The van der Waals surface area contributed by atoms with Crippen LogP contribution in [0.5, 0.6) is 0 Å². The van der Waals surface area contributed by atoms with Crippen LogP contribution in [0.3, 0.4) is 0 Å². The van der Waals surface area contributed by atoms with E-state index in [2.05, 4.69) is 10.5 Å². The molecule has 0 unspecified atom stereocenters. The number of carbonyl (C=O) groups excluding carboxylic acids is 1. The number of nitrogen functional groups attached to an aromatic ring is 1. The molecule has 2 aromatic rings.